The van der Waals surface area contributed by atoms with Crippen molar-refractivity contribution in [3.05, 3.63) is 64.3 Å². The maximum absolute atomic E-state index is 12.1. The molecule has 0 aliphatic rings. The lowest BCUT2D eigenvalue weighted by molar-refractivity contribution is 0.0964. The summed E-state index contributed by atoms with van der Waals surface area (Å²) in [7, 11) is 3.22. The third kappa shape index (κ3) is 4.40. The molecule has 0 unspecified atom stereocenters. The number of hydrogen-bond donors (Lipinski definition) is 3. The normalized spacial score (nSPS) is 10.3. The van der Waals surface area contributed by atoms with Crippen molar-refractivity contribution in [1.82, 2.24) is 15.3 Å². The van der Waals surface area contributed by atoms with E-state index in [1.54, 1.807) is 26.4 Å². The number of carbonyl (C=O) groups is 1. The van der Waals surface area contributed by atoms with E-state index in [4.69, 9.17) is 4.74 Å². The molecule has 1 amide bonds. The van der Waals surface area contributed by atoms with Gasteiger partial charge in [-0.05, 0) is 46.6 Å². The molecule has 28 heavy (non-hydrogen) atoms. The Kier molecular flexibility index (Phi) is 6.10. The van der Waals surface area contributed by atoms with Crippen LogP contribution in [-0.2, 0) is 0 Å². The highest BCUT2D eigenvalue weighted by atomic mass is 79.9. The fourth-order valence-electron chi connectivity index (χ4n) is 2.55. The monoisotopic (exact) mass is 441 g/mol. The van der Waals surface area contributed by atoms with Gasteiger partial charge in [-0.3, -0.25) is 4.79 Å². The molecule has 1 aromatic heterocycles. The number of methoxy groups -OCH3 is 1. The molecule has 0 radical (unpaired) electrons. The van der Waals surface area contributed by atoms with Crippen molar-refractivity contribution in [2.45, 2.75) is 6.92 Å². The Morgan fingerprint density at radius 1 is 1.11 bits per heavy atom. The molecule has 0 bridgehead atoms. The van der Waals surface area contributed by atoms with Crippen molar-refractivity contribution in [2.75, 3.05) is 24.8 Å². The van der Waals surface area contributed by atoms with Gasteiger partial charge in [0.1, 0.15) is 11.6 Å². The van der Waals surface area contributed by atoms with Gasteiger partial charge in [0, 0.05) is 25.0 Å². The summed E-state index contributed by atoms with van der Waals surface area (Å²) in [6.45, 7) is 1.99. The zero-order valence-corrected chi connectivity index (χ0v) is 17.3. The van der Waals surface area contributed by atoms with Crippen LogP contribution >= 0.6 is 15.9 Å². The van der Waals surface area contributed by atoms with Gasteiger partial charge < -0.3 is 20.7 Å². The summed E-state index contributed by atoms with van der Waals surface area (Å²) in [5, 5.41) is 9.04. The third-order valence-corrected chi connectivity index (χ3v) is 4.67. The van der Waals surface area contributed by atoms with E-state index in [9.17, 15) is 4.79 Å². The van der Waals surface area contributed by atoms with Crippen LogP contribution in [0.1, 0.15) is 15.9 Å². The number of para-hydroxylation sites is 1. The first kappa shape index (κ1) is 19.6. The standard InChI is InChI=1S/C20H20BrN5O2/c1-12-8-9-13(28-3)10-17(12)25-20-23-11-15(21)18(26-20)24-16-7-5-4-6-14(16)19(27)22-2/h4-11H,1-3H3,(H,22,27)(H2,23,24,25,26). The molecule has 0 saturated heterocycles. The van der Waals surface area contributed by atoms with Crippen LogP contribution in [0.3, 0.4) is 0 Å². The van der Waals surface area contributed by atoms with Crippen LogP contribution in [0.15, 0.2) is 53.1 Å². The Hall–Kier alpha value is -3.13. The first-order chi connectivity index (χ1) is 13.5. The second kappa shape index (κ2) is 8.71. The number of benzene rings is 2. The van der Waals surface area contributed by atoms with E-state index in [0.29, 0.717) is 27.5 Å². The van der Waals surface area contributed by atoms with Crippen molar-refractivity contribution < 1.29 is 9.53 Å². The summed E-state index contributed by atoms with van der Waals surface area (Å²) in [5.41, 5.74) is 3.04. The van der Waals surface area contributed by atoms with E-state index < -0.39 is 0 Å². The van der Waals surface area contributed by atoms with Crippen LogP contribution in [0.2, 0.25) is 0 Å². The topological polar surface area (TPSA) is 88.2 Å². The highest BCUT2D eigenvalue weighted by Gasteiger charge is 2.13. The van der Waals surface area contributed by atoms with E-state index >= 15 is 0 Å². The SMILES string of the molecule is CNC(=O)c1ccccc1Nc1nc(Nc2cc(OC)ccc2C)ncc1Br. The maximum atomic E-state index is 12.1. The Morgan fingerprint density at radius 2 is 1.89 bits per heavy atom. The molecular weight excluding hydrogens is 422 g/mol. The summed E-state index contributed by atoms with van der Waals surface area (Å²) in [4.78, 5) is 20.9. The molecule has 0 aliphatic carbocycles. The minimum atomic E-state index is -0.182. The second-order valence-electron chi connectivity index (χ2n) is 5.95. The number of carbonyl (C=O) groups excluding carboxylic acids is 1. The van der Waals surface area contributed by atoms with Gasteiger partial charge in [-0.1, -0.05) is 18.2 Å². The predicted octanol–water partition coefficient (Wildman–Crippen LogP) is 4.40. The Balaban J connectivity index is 1.90. The largest absolute Gasteiger partial charge is 0.497 e. The van der Waals surface area contributed by atoms with Crippen molar-refractivity contribution in [1.29, 1.82) is 0 Å². The molecule has 0 saturated carbocycles. The van der Waals surface area contributed by atoms with E-state index in [-0.39, 0.29) is 5.91 Å². The van der Waals surface area contributed by atoms with E-state index in [2.05, 4.69) is 41.8 Å². The minimum absolute atomic E-state index is 0.182. The predicted molar refractivity (Wildman–Crippen MR) is 114 cm³/mol. The van der Waals surface area contributed by atoms with Gasteiger partial charge in [0.2, 0.25) is 5.95 Å². The van der Waals surface area contributed by atoms with Crippen molar-refractivity contribution in [2.24, 2.45) is 0 Å². The fraction of sp³-hybridized carbons (Fsp3) is 0.150. The molecular formula is C20H20BrN5O2. The number of amides is 1. The molecule has 0 fully saturated rings. The van der Waals surface area contributed by atoms with Gasteiger partial charge in [-0.25, -0.2) is 4.98 Å². The number of nitrogens with one attached hydrogen (secondary N) is 3. The van der Waals surface area contributed by atoms with Crippen LogP contribution in [0, 0.1) is 6.92 Å². The number of rotatable bonds is 6. The zero-order valence-electron chi connectivity index (χ0n) is 15.7. The molecule has 3 N–H and O–H groups in total. The molecule has 3 aromatic rings. The average Bonchev–Trinajstić information content (AvgIpc) is 2.72. The first-order valence-corrected chi connectivity index (χ1v) is 9.33. The van der Waals surface area contributed by atoms with E-state index in [0.717, 1.165) is 17.0 Å². The lowest BCUT2D eigenvalue weighted by Gasteiger charge is -2.14. The fourth-order valence-corrected chi connectivity index (χ4v) is 2.84. The zero-order chi connectivity index (χ0) is 20.1. The Bertz CT molecular complexity index is 1010. The number of aromatic nitrogens is 2. The lowest BCUT2D eigenvalue weighted by atomic mass is 10.1. The second-order valence-corrected chi connectivity index (χ2v) is 6.80. The van der Waals surface area contributed by atoms with Gasteiger partial charge in [0.15, 0.2) is 0 Å². The van der Waals surface area contributed by atoms with Gasteiger partial charge in [-0.15, -0.1) is 0 Å². The van der Waals surface area contributed by atoms with Gasteiger partial charge in [0.05, 0.1) is 22.8 Å². The molecule has 0 atom stereocenters. The van der Waals surface area contributed by atoms with Crippen molar-refractivity contribution in [3.8, 4) is 5.75 Å². The Morgan fingerprint density at radius 3 is 2.64 bits per heavy atom. The number of hydrogen-bond acceptors (Lipinski definition) is 6. The lowest BCUT2D eigenvalue weighted by Crippen LogP contribution is -2.19. The van der Waals surface area contributed by atoms with Crippen molar-refractivity contribution in [3.63, 3.8) is 0 Å². The molecule has 7 nitrogen and oxygen atoms in total. The average molecular weight is 442 g/mol. The van der Waals surface area contributed by atoms with E-state index in [1.807, 2.05) is 43.3 Å². The van der Waals surface area contributed by atoms with E-state index in [1.165, 1.54) is 0 Å². The summed E-state index contributed by atoms with van der Waals surface area (Å²) >= 11 is 3.45. The van der Waals surface area contributed by atoms with Crippen molar-refractivity contribution >= 4 is 45.0 Å². The number of nitrogens with zero attached hydrogens (tertiary/aromatic N) is 2. The molecule has 8 heteroatoms. The summed E-state index contributed by atoms with van der Waals surface area (Å²) in [5.74, 6) is 1.51. The number of anilines is 4. The van der Waals surface area contributed by atoms with Crippen LogP contribution in [0.4, 0.5) is 23.1 Å². The number of aryl methyl sites for hydroxylation is 1. The molecule has 0 aliphatic heterocycles. The van der Waals surface area contributed by atoms with Crippen LogP contribution in [-0.4, -0.2) is 30.0 Å². The first-order valence-electron chi connectivity index (χ1n) is 8.54. The summed E-state index contributed by atoms with van der Waals surface area (Å²) in [6.07, 6.45) is 1.65. The van der Waals surface area contributed by atoms with Crippen LogP contribution in [0.25, 0.3) is 0 Å². The quantitative estimate of drug-likeness (QED) is 0.525. The Labute approximate surface area is 171 Å². The molecule has 144 valence electrons. The molecule has 1 heterocycles. The smallest absolute Gasteiger partial charge is 0.253 e. The van der Waals surface area contributed by atoms with Crippen LogP contribution < -0.4 is 20.7 Å². The summed E-state index contributed by atoms with van der Waals surface area (Å²) < 4.78 is 5.95. The van der Waals surface area contributed by atoms with Gasteiger partial charge in [-0.2, -0.15) is 4.98 Å². The summed E-state index contributed by atoms with van der Waals surface area (Å²) in [6, 6.07) is 13.0. The van der Waals surface area contributed by atoms with Crippen LogP contribution in [0.5, 0.6) is 5.75 Å². The minimum Gasteiger partial charge on any atom is -0.497 e. The highest BCUT2D eigenvalue weighted by molar-refractivity contribution is 9.10. The molecule has 0 spiro atoms. The third-order valence-electron chi connectivity index (χ3n) is 4.09. The number of halogens is 1. The van der Waals surface area contributed by atoms with Gasteiger partial charge in [0.25, 0.3) is 5.91 Å². The number of ether oxygens (including phenoxy) is 1. The molecule has 3 rings (SSSR count). The highest BCUT2D eigenvalue weighted by Crippen LogP contribution is 2.28. The van der Waals surface area contributed by atoms with Gasteiger partial charge >= 0.3 is 0 Å². The maximum Gasteiger partial charge on any atom is 0.253 e. The molecule has 2 aromatic carbocycles.